The van der Waals surface area contributed by atoms with Crippen molar-refractivity contribution in [3.05, 3.63) is 60.7 Å². The molecule has 2 amide bonds. The number of hydrogen-bond donors (Lipinski definition) is 4. The third-order valence-corrected chi connectivity index (χ3v) is 5.78. The van der Waals surface area contributed by atoms with E-state index in [2.05, 4.69) is 16.0 Å². The van der Waals surface area contributed by atoms with Crippen LogP contribution in [0.1, 0.15) is 27.2 Å². The fraction of sp³-hybridized carbons (Fsp3) is 0.375. The summed E-state index contributed by atoms with van der Waals surface area (Å²) >= 11 is 1.45. The Morgan fingerprint density at radius 2 is 1.47 bits per heavy atom. The summed E-state index contributed by atoms with van der Waals surface area (Å²) in [6.45, 7) is 5.44. The van der Waals surface area contributed by atoms with Crippen LogP contribution in [0.2, 0.25) is 0 Å². The largest absolute Gasteiger partial charge is 0.480 e. The molecule has 0 aliphatic rings. The number of benzene rings is 2. The number of carboxylic acid groups (broad SMARTS) is 1. The molecule has 2 aromatic rings. The molecule has 0 aliphatic carbocycles. The van der Waals surface area contributed by atoms with Crippen LogP contribution in [0.15, 0.2) is 65.6 Å². The lowest BCUT2D eigenvalue weighted by molar-refractivity contribution is -0.139. The van der Waals surface area contributed by atoms with Crippen molar-refractivity contribution in [3.63, 3.8) is 0 Å². The number of para-hydroxylation sites is 1. The van der Waals surface area contributed by atoms with Crippen molar-refractivity contribution < 1.29 is 19.5 Å². The first kappa shape index (κ1) is 25.4. The quantitative estimate of drug-likeness (QED) is 0.364. The molecule has 0 bridgehead atoms. The molecule has 0 aromatic heterocycles. The summed E-state index contributed by atoms with van der Waals surface area (Å²) in [5.74, 6) is -1.27. The molecule has 8 heteroatoms. The Balaban J connectivity index is 2.11. The first-order valence-corrected chi connectivity index (χ1v) is 11.6. The molecule has 0 radical (unpaired) electrons. The summed E-state index contributed by atoms with van der Waals surface area (Å²) < 4.78 is 0. The van der Waals surface area contributed by atoms with Crippen LogP contribution in [-0.2, 0) is 14.4 Å². The van der Waals surface area contributed by atoms with E-state index in [4.69, 9.17) is 0 Å². The molecule has 2 aromatic carbocycles. The molecule has 3 atom stereocenters. The number of amides is 2. The zero-order valence-electron chi connectivity index (χ0n) is 18.6. The van der Waals surface area contributed by atoms with Gasteiger partial charge in [-0.15, -0.1) is 11.8 Å². The van der Waals surface area contributed by atoms with Crippen LogP contribution < -0.4 is 16.0 Å². The summed E-state index contributed by atoms with van der Waals surface area (Å²) in [4.78, 5) is 38.3. The lowest BCUT2D eigenvalue weighted by Gasteiger charge is -2.25. The van der Waals surface area contributed by atoms with Crippen molar-refractivity contribution in [1.29, 1.82) is 0 Å². The second-order valence-electron chi connectivity index (χ2n) is 7.95. The molecule has 2 rings (SSSR count). The van der Waals surface area contributed by atoms with Gasteiger partial charge in [-0.25, -0.2) is 0 Å². The van der Waals surface area contributed by atoms with E-state index >= 15 is 0 Å². The summed E-state index contributed by atoms with van der Waals surface area (Å²) in [6.07, 6.45) is 0.456. The van der Waals surface area contributed by atoms with E-state index in [1.807, 2.05) is 62.4 Å². The number of thioether (sulfide) groups is 1. The molecular weight excluding hydrogens is 426 g/mol. The fourth-order valence-corrected chi connectivity index (χ4v) is 3.95. The normalized spacial score (nSPS) is 13.8. The highest BCUT2D eigenvalue weighted by atomic mass is 32.2. The van der Waals surface area contributed by atoms with Crippen molar-refractivity contribution >= 4 is 35.2 Å². The van der Waals surface area contributed by atoms with Gasteiger partial charge >= 0.3 is 5.97 Å². The zero-order chi connectivity index (χ0) is 23.5. The molecule has 4 N–H and O–H groups in total. The van der Waals surface area contributed by atoms with Gasteiger partial charge < -0.3 is 15.7 Å². The van der Waals surface area contributed by atoms with Gasteiger partial charge in [-0.3, -0.25) is 19.7 Å². The molecule has 172 valence electrons. The summed E-state index contributed by atoms with van der Waals surface area (Å²) in [5, 5.41) is 17.8. The van der Waals surface area contributed by atoms with E-state index < -0.39 is 30.0 Å². The summed E-state index contributed by atoms with van der Waals surface area (Å²) in [6, 6.07) is 16.2. The van der Waals surface area contributed by atoms with Gasteiger partial charge in [-0.1, -0.05) is 50.2 Å². The third kappa shape index (κ3) is 8.72. The van der Waals surface area contributed by atoms with Crippen molar-refractivity contribution in [2.45, 2.75) is 50.2 Å². The number of nitrogens with one attached hydrogen (secondary N) is 3. The van der Waals surface area contributed by atoms with Crippen LogP contribution >= 0.6 is 11.8 Å². The van der Waals surface area contributed by atoms with E-state index in [-0.39, 0.29) is 11.8 Å². The first-order chi connectivity index (χ1) is 15.3. The second-order valence-corrected chi connectivity index (χ2v) is 9.04. The smallest absolute Gasteiger partial charge is 0.320 e. The maximum atomic E-state index is 13.1. The highest BCUT2D eigenvalue weighted by molar-refractivity contribution is 7.99. The van der Waals surface area contributed by atoms with E-state index in [0.29, 0.717) is 17.9 Å². The standard InChI is InChI=1S/C24H31N3O4S/c1-16(2)14-20(22(28)26-18-10-6-4-7-11-18)27-23(29)21(25-17(3)24(30)31)15-32-19-12-8-5-9-13-19/h4-13,16-17,20-21,25H,14-15H2,1-3H3,(H,26,28)(H,27,29)(H,30,31)/t17-,20+,21-/m1/s1. The van der Waals surface area contributed by atoms with Gasteiger partial charge in [0.05, 0.1) is 6.04 Å². The van der Waals surface area contributed by atoms with Crippen LogP contribution in [0.4, 0.5) is 5.69 Å². The van der Waals surface area contributed by atoms with Crippen molar-refractivity contribution in [3.8, 4) is 0 Å². The maximum absolute atomic E-state index is 13.1. The predicted octanol–water partition coefficient (Wildman–Crippen LogP) is 3.38. The predicted molar refractivity (Wildman–Crippen MR) is 128 cm³/mol. The molecular formula is C24H31N3O4S. The maximum Gasteiger partial charge on any atom is 0.320 e. The average Bonchev–Trinajstić information content (AvgIpc) is 2.76. The Kier molecular flexibility index (Phi) is 10.2. The molecule has 0 saturated carbocycles. The summed E-state index contributed by atoms with van der Waals surface area (Å²) in [5.41, 5.74) is 0.648. The van der Waals surface area contributed by atoms with Gasteiger partial charge in [0.25, 0.3) is 0 Å². The number of carbonyl (C=O) groups is 3. The van der Waals surface area contributed by atoms with Gasteiger partial charge in [-0.05, 0) is 43.5 Å². The number of carboxylic acids is 1. The van der Waals surface area contributed by atoms with Gasteiger partial charge in [0, 0.05) is 16.3 Å². The van der Waals surface area contributed by atoms with Gasteiger partial charge in [0.1, 0.15) is 12.1 Å². The van der Waals surface area contributed by atoms with Gasteiger partial charge in [0.2, 0.25) is 11.8 Å². The minimum atomic E-state index is -1.05. The Morgan fingerprint density at radius 1 is 0.875 bits per heavy atom. The van der Waals surface area contributed by atoms with Crippen LogP contribution in [0.5, 0.6) is 0 Å². The molecule has 0 fully saturated rings. The van der Waals surface area contributed by atoms with Gasteiger partial charge in [0.15, 0.2) is 0 Å². The zero-order valence-corrected chi connectivity index (χ0v) is 19.4. The Bertz CT molecular complexity index is 877. The number of carbonyl (C=O) groups excluding carboxylic acids is 2. The van der Waals surface area contributed by atoms with Crippen molar-refractivity contribution in [1.82, 2.24) is 10.6 Å². The van der Waals surface area contributed by atoms with E-state index in [0.717, 1.165) is 4.90 Å². The molecule has 0 aliphatic heterocycles. The molecule has 0 spiro atoms. The Hall–Kier alpha value is -2.84. The molecule has 7 nitrogen and oxygen atoms in total. The minimum Gasteiger partial charge on any atom is -0.480 e. The molecule has 32 heavy (non-hydrogen) atoms. The van der Waals surface area contributed by atoms with E-state index in [1.165, 1.54) is 18.7 Å². The Morgan fingerprint density at radius 3 is 2.03 bits per heavy atom. The van der Waals surface area contributed by atoms with Crippen LogP contribution in [0, 0.1) is 5.92 Å². The third-order valence-electron chi connectivity index (χ3n) is 4.68. The second kappa shape index (κ2) is 12.9. The number of hydrogen-bond acceptors (Lipinski definition) is 5. The SMILES string of the molecule is CC(C)C[C@H](NC(=O)[C@@H](CSc1ccccc1)N[C@H](C)C(=O)O)C(=O)Nc1ccccc1. The topological polar surface area (TPSA) is 108 Å². The lowest BCUT2D eigenvalue weighted by atomic mass is 10.0. The van der Waals surface area contributed by atoms with Crippen molar-refractivity contribution in [2.24, 2.45) is 5.92 Å². The van der Waals surface area contributed by atoms with Crippen molar-refractivity contribution in [2.75, 3.05) is 11.1 Å². The van der Waals surface area contributed by atoms with E-state index in [1.54, 1.807) is 12.1 Å². The van der Waals surface area contributed by atoms with Crippen LogP contribution in [-0.4, -0.2) is 46.8 Å². The first-order valence-electron chi connectivity index (χ1n) is 10.6. The average molecular weight is 458 g/mol. The number of rotatable bonds is 12. The Labute approximate surface area is 193 Å². The summed E-state index contributed by atoms with van der Waals surface area (Å²) in [7, 11) is 0. The van der Waals surface area contributed by atoms with Gasteiger partial charge in [-0.2, -0.15) is 0 Å². The molecule has 0 unspecified atom stereocenters. The number of anilines is 1. The fourth-order valence-electron chi connectivity index (χ4n) is 2.99. The molecule has 0 heterocycles. The van der Waals surface area contributed by atoms with E-state index in [9.17, 15) is 19.5 Å². The highest BCUT2D eigenvalue weighted by Gasteiger charge is 2.28. The van der Waals surface area contributed by atoms with Crippen LogP contribution in [0.25, 0.3) is 0 Å². The van der Waals surface area contributed by atoms with Crippen LogP contribution in [0.3, 0.4) is 0 Å². The highest BCUT2D eigenvalue weighted by Crippen LogP contribution is 2.19. The minimum absolute atomic E-state index is 0.171. The molecule has 0 saturated heterocycles. The number of aliphatic carboxylic acids is 1. The monoisotopic (exact) mass is 457 g/mol. The lowest BCUT2D eigenvalue weighted by Crippen LogP contribution is -2.55.